The fourth-order valence-electron chi connectivity index (χ4n) is 1.82. The molecule has 4 N–H and O–H groups in total. The van der Waals surface area contributed by atoms with Crippen LogP contribution in [0.25, 0.3) is 0 Å². The number of carbonyl (C=O) groups is 1. The van der Waals surface area contributed by atoms with Crippen molar-refractivity contribution in [1.82, 2.24) is 10.2 Å². The SMILES string of the molecule is CC(CC(N)=NO)NCCC(=O)N1CCOCC1. The van der Waals surface area contributed by atoms with Gasteiger partial charge in [-0.1, -0.05) is 5.16 Å². The summed E-state index contributed by atoms with van der Waals surface area (Å²) in [5, 5.41) is 14.5. The van der Waals surface area contributed by atoms with Crippen molar-refractivity contribution in [3.8, 4) is 0 Å². The van der Waals surface area contributed by atoms with Gasteiger partial charge in [-0.15, -0.1) is 0 Å². The van der Waals surface area contributed by atoms with Gasteiger partial charge < -0.3 is 25.9 Å². The summed E-state index contributed by atoms with van der Waals surface area (Å²) in [5.41, 5.74) is 5.39. The highest BCUT2D eigenvalue weighted by atomic mass is 16.5. The highest BCUT2D eigenvalue weighted by Gasteiger charge is 2.16. The van der Waals surface area contributed by atoms with E-state index in [-0.39, 0.29) is 17.8 Å². The molecular weight excluding hydrogens is 236 g/mol. The summed E-state index contributed by atoms with van der Waals surface area (Å²) >= 11 is 0. The third-order valence-electron chi connectivity index (χ3n) is 2.84. The van der Waals surface area contributed by atoms with Gasteiger partial charge in [0, 0.05) is 38.5 Å². The number of hydrogen-bond donors (Lipinski definition) is 3. The topological polar surface area (TPSA) is 100 Å². The first-order valence-corrected chi connectivity index (χ1v) is 6.18. The molecule has 1 heterocycles. The first kappa shape index (κ1) is 14.7. The van der Waals surface area contributed by atoms with Gasteiger partial charge in [0.05, 0.1) is 13.2 Å². The van der Waals surface area contributed by atoms with Crippen LogP contribution in [0.5, 0.6) is 0 Å². The number of oxime groups is 1. The van der Waals surface area contributed by atoms with Crippen LogP contribution in [0, 0.1) is 0 Å². The fraction of sp³-hybridized carbons (Fsp3) is 0.818. The van der Waals surface area contributed by atoms with E-state index in [0.717, 1.165) is 0 Å². The molecule has 104 valence electrons. The quantitative estimate of drug-likeness (QED) is 0.254. The first-order chi connectivity index (χ1) is 8.63. The molecule has 1 fully saturated rings. The number of rotatable bonds is 6. The highest BCUT2D eigenvalue weighted by molar-refractivity contribution is 5.80. The minimum Gasteiger partial charge on any atom is -0.409 e. The van der Waals surface area contributed by atoms with Gasteiger partial charge in [-0.2, -0.15) is 0 Å². The van der Waals surface area contributed by atoms with E-state index in [1.165, 1.54) is 0 Å². The van der Waals surface area contributed by atoms with Crippen LogP contribution >= 0.6 is 0 Å². The molecule has 0 aromatic carbocycles. The van der Waals surface area contributed by atoms with E-state index >= 15 is 0 Å². The molecule has 1 aliphatic heterocycles. The van der Waals surface area contributed by atoms with Crippen LogP contribution in [-0.2, 0) is 9.53 Å². The number of nitrogens with zero attached hydrogens (tertiary/aromatic N) is 2. The van der Waals surface area contributed by atoms with Crippen LogP contribution in [0.1, 0.15) is 19.8 Å². The van der Waals surface area contributed by atoms with Gasteiger partial charge in [-0.3, -0.25) is 4.79 Å². The van der Waals surface area contributed by atoms with Crippen molar-refractivity contribution in [3.63, 3.8) is 0 Å². The van der Waals surface area contributed by atoms with Crippen LogP contribution < -0.4 is 11.1 Å². The van der Waals surface area contributed by atoms with Gasteiger partial charge in [0.1, 0.15) is 5.84 Å². The lowest BCUT2D eigenvalue weighted by Crippen LogP contribution is -2.42. The lowest BCUT2D eigenvalue weighted by atomic mass is 10.2. The summed E-state index contributed by atoms with van der Waals surface area (Å²) < 4.78 is 5.19. The number of hydrogen-bond acceptors (Lipinski definition) is 5. The Hall–Kier alpha value is -1.34. The normalized spacial score (nSPS) is 18.7. The molecule has 0 spiro atoms. The monoisotopic (exact) mass is 258 g/mol. The Morgan fingerprint density at radius 1 is 1.56 bits per heavy atom. The fourth-order valence-corrected chi connectivity index (χ4v) is 1.82. The summed E-state index contributed by atoms with van der Waals surface area (Å²) in [6.45, 7) is 5.13. The predicted molar refractivity (Wildman–Crippen MR) is 67.5 cm³/mol. The van der Waals surface area contributed by atoms with Crippen molar-refractivity contribution in [2.24, 2.45) is 10.9 Å². The molecular formula is C11H22N4O3. The molecule has 1 atom stereocenters. The maximum atomic E-state index is 11.8. The van der Waals surface area contributed by atoms with E-state index in [4.69, 9.17) is 15.7 Å². The molecule has 0 radical (unpaired) electrons. The summed E-state index contributed by atoms with van der Waals surface area (Å²) in [6, 6.07) is 0.0818. The molecule has 7 nitrogen and oxygen atoms in total. The van der Waals surface area contributed by atoms with E-state index < -0.39 is 0 Å². The third-order valence-corrected chi connectivity index (χ3v) is 2.84. The maximum Gasteiger partial charge on any atom is 0.224 e. The minimum absolute atomic E-state index is 0.0818. The van der Waals surface area contributed by atoms with E-state index in [1.807, 2.05) is 11.8 Å². The summed E-state index contributed by atoms with van der Waals surface area (Å²) in [4.78, 5) is 13.6. The van der Waals surface area contributed by atoms with Crippen LogP contribution in [0.2, 0.25) is 0 Å². The molecule has 0 aromatic rings. The van der Waals surface area contributed by atoms with Gasteiger partial charge in [0.25, 0.3) is 0 Å². The summed E-state index contributed by atoms with van der Waals surface area (Å²) in [6.07, 6.45) is 0.919. The molecule has 0 aromatic heterocycles. The van der Waals surface area contributed by atoms with E-state index in [1.54, 1.807) is 0 Å². The van der Waals surface area contributed by atoms with E-state index in [2.05, 4.69) is 10.5 Å². The van der Waals surface area contributed by atoms with Crippen LogP contribution in [0.15, 0.2) is 5.16 Å². The number of amidine groups is 1. The van der Waals surface area contributed by atoms with Crippen molar-refractivity contribution in [1.29, 1.82) is 0 Å². The zero-order valence-electron chi connectivity index (χ0n) is 10.8. The zero-order chi connectivity index (χ0) is 13.4. The maximum absolute atomic E-state index is 11.8. The predicted octanol–water partition coefficient (Wildman–Crippen LogP) is -0.650. The summed E-state index contributed by atoms with van der Waals surface area (Å²) in [7, 11) is 0. The lowest BCUT2D eigenvalue weighted by molar-refractivity contribution is -0.135. The molecule has 0 saturated carbocycles. The molecule has 1 saturated heterocycles. The average Bonchev–Trinajstić information content (AvgIpc) is 2.39. The Balaban J connectivity index is 2.14. The number of nitrogens with two attached hydrogens (primary N) is 1. The Morgan fingerprint density at radius 2 is 2.22 bits per heavy atom. The second-order valence-electron chi connectivity index (χ2n) is 4.39. The van der Waals surface area contributed by atoms with Crippen LogP contribution in [0.3, 0.4) is 0 Å². The molecule has 18 heavy (non-hydrogen) atoms. The highest BCUT2D eigenvalue weighted by Crippen LogP contribution is 2.00. The van der Waals surface area contributed by atoms with Gasteiger partial charge in [0.15, 0.2) is 0 Å². The van der Waals surface area contributed by atoms with Gasteiger partial charge >= 0.3 is 0 Å². The molecule has 7 heteroatoms. The Kier molecular flexibility index (Phi) is 6.45. The first-order valence-electron chi connectivity index (χ1n) is 6.18. The van der Waals surface area contributed by atoms with Crippen molar-refractivity contribution in [2.45, 2.75) is 25.8 Å². The number of morpholine rings is 1. The molecule has 0 aliphatic carbocycles. The minimum atomic E-state index is 0.0818. The standard InChI is InChI=1S/C11H22N4O3/c1-9(8-10(12)14-17)13-3-2-11(16)15-4-6-18-7-5-15/h9,13,17H,2-8H2,1H3,(H2,12,14). The van der Waals surface area contributed by atoms with Gasteiger partial charge in [-0.25, -0.2) is 0 Å². The summed E-state index contributed by atoms with van der Waals surface area (Å²) in [5.74, 6) is 0.330. The van der Waals surface area contributed by atoms with Crippen molar-refractivity contribution in [3.05, 3.63) is 0 Å². The second-order valence-corrected chi connectivity index (χ2v) is 4.39. The molecule has 1 amide bonds. The second kappa shape index (κ2) is 7.88. The smallest absolute Gasteiger partial charge is 0.224 e. The van der Waals surface area contributed by atoms with Gasteiger partial charge in [0.2, 0.25) is 5.91 Å². The molecule has 1 unspecified atom stereocenters. The largest absolute Gasteiger partial charge is 0.409 e. The Bertz CT molecular complexity index is 290. The van der Waals surface area contributed by atoms with Crippen molar-refractivity contribution >= 4 is 11.7 Å². The van der Waals surface area contributed by atoms with Crippen molar-refractivity contribution in [2.75, 3.05) is 32.8 Å². The molecule has 1 rings (SSSR count). The molecule has 0 bridgehead atoms. The third kappa shape index (κ3) is 5.33. The molecule has 1 aliphatic rings. The average molecular weight is 258 g/mol. The number of carbonyl (C=O) groups excluding carboxylic acids is 1. The Labute approximate surface area is 107 Å². The van der Waals surface area contributed by atoms with E-state index in [9.17, 15) is 4.79 Å². The number of ether oxygens (including phenoxy) is 1. The van der Waals surface area contributed by atoms with E-state index in [0.29, 0.717) is 45.7 Å². The van der Waals surface area contributed by atoms with Crippen LogP contribution in [-0.4, -0.2) is 60.7 Å². The number of nitrogens with one attached hydrogen (secondary N) is 1. The van der Waals surface area contributed by atoms with Gasteiger partial charge in [-0.05, 0) is 6.92 Å². The van der Waals surface area contributed by atoms with Crippen molar-refractivity contribution < 1.29 is 14.7 Å². The lowest BCUT2D eigenvalue weighted by Gasteiger charge is -2.27. The number of amides is 1. The Morgan fingerprint density at radius 3 is 2.83 bits per heavy atom. The van der Waals surface area contributed by atoms with Crippen LogP contribution in [0.4, 0.5) is 0 Å². The zero-order valence-corrected chi connectivity index (χ0v) is 10.8.